The molecule has 1 heterocycles. The van der Waals surface area contributed by atoms with Gasteiger partial charge in [0.05, 0.1) is 12.2 Å². The fraction of sp³-hybridized carbons (Fsp3) is 0.526. The topological polar surface area (TPSA) is 56.0 Å². The van der Waals surface area contributed by atoms with Crippen molar-refractivity contribution >= 4 is 0 Å². The van der Waals surface area contributed by atoms with Crippen LogP contribution in [0.15, 0.2) is 36.0 Å². The lowest BCUT2D eigenvalue weighted by atomic mass is 9.50. The summed E-state index contributed by atoms with van der Waals surface area (Å²) >= 11 is 0. The first kappa shape index (κ1) is 15.1. The van der Waals surface area contributed by atoms with Gasteiger partial charge in [0.2, 0.25) is 0 Å². The summed E-state index contributed by atoms with van der Waals surface area (Å²) in [4.78, 5) is 0. The molecule has 1 aliphatic carbocycles. The lowest BCUT2D eigenvalue weighted by Crippen LogP contribution is -2.66. The Hall–Kier alpha value is -1.79. The number of allylic oxidation sites excluding steroid dienone is 2. The van der Waals surface area contributed by atoms with E-state index in [1.807, 2.05) is 32.0 Å². The Bertz CT molecular complexity index is 689. The monoisotopic (exact) mass is 296 g/mol. The Labute approximate surface area is 132 Å². The number of nitrogens with one attached hydrogen (secondary N) is 1. The van der Waals surface area contributed by atoms with Crippen molar-refractivity contribution in [3.63, 3.8) is 0 Å². The molecule has 116 valence electrons. The van der Waals surface area contributed by atoms with Crippen molar-refractivity contribution in [2.24, 2.45) is 5.41 Å². The number of benzene rings is 1. The zero-order valence-electron chi connectivity index (χ0n) is 13.8. The molecule has 0 bridgehead atoms. The van der Waals surface area contributed by atoms with E-state index in [9.17, 15) is 10.4 Å². The predicted octanol–water partition coefficient (Wildman–Crippen LogP) is 3.57. The highest BCUT2D eigenvalue weighted by molar-refractivity contribution is 5.54. The van der Waals surface area contributed by atoms with Crippen LogP contribution in [0.25, 0.3) is 0 Å². The molecule has 4 atom stereocenters. The minimum Gasteiger partial charge on any atom is -0.388 e. The third-order valence-electron chi connectivity index (χ3n) is 6.14. The van der Waals surface area contributed by atoms with Crippen LogP contribution in [0.3, 0.4) is 0 Å². The van der Waals surface area contributed by atoms with E-state index in [4.69, 9.17) is 0 Å². The molecule has 0 amide bonds. The van der Waals surface area contributed by atoms with Gasteiger partial charge in [-0.3, -0.25) is 0 Å². The first-order valence-electron chi connectivity index (χ1n) is 8.09. The molecule has 0 fully saturated rings. The molecule has 1 aliphatic heterocycles. The molecule has 2 unspecified atom stereocenters. The summed E-state index contributed by atoms with van der Waals surface area (Å²) in [5.41, 5.74) is 1.48. The number of hydrogen-bond acceptors (Lipinski definition) is 3. The Morgan fingerprint density at radius 1 is 1.27 bits per heavy atom. The van der Waals surface area contributed by atoms with Gasteiger partial charge >= 0.3 is 0 Å². The molecule has 1 aromatic carbocycles. The van der Waals surface area contributed by atoms with Gasteiger partial charge in [0.15, 0.2) is 0 Å². The van der Waals surface area contributed by atoms with Gasteiger partial charge in [-0.05, 0) is 37.8 Å². The van der Waals surface area contributed by atoms with E-state index in [-0.39, 0.29) is 5.41 Å². The molecule has 22 heavy (non-hydrogen) atoms. The first-order valence-corrected chi connectivity index (χ1v) is 8.09. The van der Waals surface area contributed by atoms with Crippen LogP contribution in [0, 0.1) is 16.7 Å². The van der Waals surface area contributed by atoms with E-state index in [1.54, 1.807) is 0 Å². The van der Waals surface area contributed by atoms with Crippen molar-refractivity contribution in [2.75, 3.05) is 0 Å². The van der Waals surface area contributed by atoms with Crippen LogP contribution in [0.5, 0.6) is 0 Å². The Morgan fingerprint density at radius 2 is 1.95 bits per heavy atom. The van der Waals surface area contributed by atoms with E-state index in [0.717, 1.165) is 24.1 Å². The van der Waals surface area contributed by atoms with Gasteiger partial charge in [0.1, 0.15) is 5.54 Å². The Morgan fingerprint density at radius 3 is 2.55 bits per heavy atom. The summed E-state index contributed by atoms with van der Waals surface area (Å²) in [6.45, 7) is 8.20. The lowest BCUT2D eigenvalue weighted by Gasteiger charge is -2.57. The van der Waals surface area contributed by atoms with Crippen LogP contribution in [-0.2, 0) is 5.41 Å². The number of nitrogens with zero attached hydrogens (tertiary/aromatic N) is 1. The highest BCUT2D eigenvalue weighted by atomic mass is 16.3. The molecule has 3 heteroatoms. The fourth-order valence-corrected chi connectivity index (χ4v) is 5.33. The summed E-state index contributed by atoms with van der Waals surface area (Å²) in [5, 5.41) is 24.6. The quantitative estimate of drug-likeness (QED) is 0.877. The molecule has 1 aromatic rings. The Kier molecular flexibility index (Phi) is 3.16. The smallest absolute Gasteiger partial charge is 0.131 e. The average Bonchev–Trinajstić information content (AvgIpc) is 2.75. The highest BCUT2D eigenvalue weighted by Crippen LogP contribution is 2.67. The lowest BCUT2D eigenvalue weighted by molar-refractivity contribution is -0.0618. The second kappa shape index (κ2) is 4.60. The molecular weight excluding hydrogens is 272 g/mol. The molecule has 0 spiro atoms. The predicted molar refractivity (Wildman–Crippen MR) is 87.0 cm³/mol. The van der Waals surface area contributed by atoms with Crippen LogP contribution >= 0.6 is 0 Å². The maximum absolute atomic E-state index is 11.3. The third-order valence-corrected chi connectivity index (χ3v) is 6.14. The zero-order valence-corrected chi connectivity index (χ0v) is 13.8. The minimum absolute atomic E-state index is 0.308. The molecule has 0 radical (unpaired) electrons. The second-order valence-corrected chi connectivity index (χ2v) is 6.83. The molecule has 2 N–H and O–H groups in total. The number of fused-ring (bicyclic) bond motifs is 3. The molecule has 2 aliphatic rings. The normalized spacial score (nSPS) is 39.3. The van der Waals surface area contributed by atoms with Gasteiger partial charge in [-0.25, -0.2) is 0 Å². The Balaban J connectivity index is 2.44. The second-order valence-electron chi connectivity index (χ2n) is 6.83. The summed E-state index contributed by atoms with van der Waals surface area (Å²) in [6.07, 6.45) is 3.20. The van der Waals surface area contributed by atoms with Crippen molar-refractivity contribution in [3.8, 4) is 6.07 Å². The van der Waals surface area contributed by atoms with Crippen molar-refractivity contribution in [2.45, 2.75) is 57.6 Å². The summed E-state index contributed by atoms with van der Waals surface area (Å²) in [5.74, 6) is 0. The van der Waals surface area contributed by atoms with E-state index in [1.165, 1.54) is 5.56 Å². The van der Waals surface area contributed by atoms with Crippen LogP contribution in [0.1, 0.15) is 57.8 Å². The van der Waals surface area contributed by atoms with Gasteiger partial charge in [-0.15, -0.1) is 0 Å². The van der Waals surface area contributed by atoms with Gasteiger partial charge in [-0.2, -0.15) is 5.26 Å². The standard InChI is InChI=1S/C19H24N2O/c1-5-18-11-13(3)21-17(4,12-20)19(18,6-2)16(22)14-9-7-8-10-15(14)18/h7-11,16,21-22H,5-6H2,1-4H3/t16-,17+,18?,19?/m0/s1. The zero-order chi connectivity index (χ0) is 16.2. The third kappa shape index (κ3) is 1.39. The van der Waals surface area contributed by atoms with Crippen molar-refractivity contribution in [3.05, 3.63) is 47.2 Å². The maximum atomic E-state index is 11.3. The number of aliphatic hydroxyl groups excluding tert-OH is 1. The van der Waals surface area contributed by atoms with Crippen LogP contribution in [-0.4, -0.2) is 10.6 Å². The first-order chi connectivity index (χ1) is 10.4. The SMILES string of the molecule is CCC12C=C(C)N[C@](C)(C#N)C1(CC)[C@@H](O)c1ccccc12. The largest absolute Gasteiger partial charge is 0.388 e. The van der Waals surface area contributed by atoms with E-state index in [0.29, 0.717) is 0 Å². The molecule has 3 rings (SSSR count). The van der Waals surface area contributed by atoms with Crippen LogP contribution in [0.2, 0.25) is 0 Å². The van der Waals surface area contributed by atoms with Crippen LogP contribution in [0.4, 0.5) is 0 Å². The molecule has 0 saturated carbocycles. The van der Waals surface area contributed by atoms with E-state index >= 15 is 0 Å². The summed E-state index contributed by atoms with van der Waals surface area (Å²) < 4.78 is 0. The number of nitriles is 1. The van der Waals surface area contributed by atoms with Crippen molar-refractivity contribution < 1.29 is 5.11 Å². The van der Waals surface area contributed by atoms with Crippen LogP contribution < -0.4 is 5.32 Å². The van der Waals surface area contributed by atoms with Gasteiger partial charge < -0.3 is 10.4 Å². The average molecular weight is 296 g/mol. The molecule has 0 saturated heterocycles. The fourth-order valence-electron chi connectivity index (χ4n) is 5.33. The van der Waals surface area contributed by atoms with E-state index in [2.05, 4.69) is 37.4 Å². The summed E-state index contributed by atoms with van der Waals surface area (Å²) in [6, 6.07) is 10.6. The van der Waals surface area contributed by atoms with E-state index < -0.39 is 17.1 Å². The van der Waals surface area contributed by atoms with Crippen molar-refractivity contribution in [1.29, 1.82) is 5.26 Å². The summed E-state index contributed by atoms with van der Waals surface area (Å²) in [7, 11) is 0. The highest BCUT2D eigenvalue weighted by Gasteiger charge is 2.69. The maximum Gasteiger partial charge on any atom is 0.131 e. The minimum atomic E-state index is -0.810. The number of rotatable bonds is 2. The van der Waals surface area contributed by atoms with Crippen molar-refractivity contribution in [1.82, 2.24) is 5.32 Å². The molecular formula is C19H24N2O. The van der Waals surface area contributed by atoms with Gasteiger partial charge in [-0.1, -0.05) is 44.2 Å². The molecule has 0 aromatic heterocycles. The number of hydrogen-bond donors (Lipinski definition) is 2. The van der Waals surface area contributed by atoms with Gasteiger partial charge in [0, 0.05) is 16.5 Å². The number of aliphatic hydroxyl groups is 1. The van der Waals surface area contributed by atoms with Gasteiger partial charge in [0.25, 0.3) is 0 Å². The molecule has 3 nitrogen and oxygen atoms in total.